The molecule has 1 rings (SSSR count). The molecule has 0 aliphatic heterocycles. The van der Waals surface area contributed by atoms with E-state index in [2.05, 4.69) is 0 Å². The Hall–Kier alpha value is -0.960. The van der Waals surface area contributed by atoms with E-state index in [1.807, 2.05) is 6.92 Å². The van der Waals surface area contributed by atoms with Crippen LogP contribution in [0.25, 0.3) is 0 Å². The van der Waals surface area contributed by atoms with Gasteiger partial charge in [0.15, 0.2) is 5.75 Å². The number of methoxy groups -OCH3 is 1. The van der Waals surface area contributed by atoms with E-state index in [4.69, 9.17) is 13.9 Å². The molecular weight excluding hydrogens is 144 g/mol. The van der Waals surface area contributed by atoms with Crippen molar-refractivity contribution in [3.63, 3.8) is 0 Å². The van der Waals surface area contributed by atoms with Crippen LogP contribution in [0, 0.1) is 6.92 Å². The van der Waals surface area contributed by atoms with Gasteiger partial charge in [-0.3, -0.25) is 0 Å². The van der Waals surface area contributed by atoms with Gasteiger partial charge >= 0.3 is 0 Å². The molecule has 0 aliphatic rings. The van der Waals surface area contributed by atoms with Gasteiger partial charge in [0.2, 0.25) is 0 Å². The Morgan fingerprint density at radius 2 is 2.27 bits per heavy atom. The summed E-state index contributed by atoms with van der Waals surface area (Å²) in [6.07, 6.45) is 1.61. The van der Waals surface area contributed by atoms with Crippen LogP contribution < -0.4 is 4.74 Å². The zero-order chi connectivity index (χ0) is 8.10. The summed E-state index contributed by atoms with van der Waals surface area (Å²) in [4.78, 5) is 0. The first-order chi connectivity index (χ1) is 5.34. The first kappa shape index (κ1) is 8.14. The van der Waals surface area contributed by atoms with Gasteiger partial charge in [-0.2, -0.15) is 0 Å². The molecule has 62 valence electrons. The van der Waals surface area contributed by atoms with Gasteiger partial charge in [-0.05, 0) is 6.92 Å². The fourth-order valence-corrected chi connectivity index (χ4v) is 0.758. The summed E-state index contributed by atoms with van der Waals surface area (Å²) < 4.78 is 15.2. The Morgan fingerprint density at radius 3 is 2.82 bits per heavy atom. The Labute approximate surface area is 65.9 Å². The third-order valence-electron chi connectivity index (χ3n) is 1.36. The molecule has 0 amide bonds. The van der Waals surface area contributed by atoms with Crippen molar-refractivity contribution in [2.45, 2.75) is 6.92 Å². The van der Waals surface area contributed by atoms with Crippen molar-refractivity contribution in [2.75, 3.05) is 20.3 Å². The molecule has 0 aromatic carbocycles. The van der Waals surface area contributed by atoms with Gasteiger partial charge in [-0.15, -0.1) is 0 Å². The molecule has 11 heavy (non-hydrogen) atoms. The molecule has 0 radical (unpaired) electrons. The zero-order valence-corrected chi connectivity index (χ0v) is 6.79. The molecule has 0 fully saturated rings. The van der Waals surface area contributed by atoms with Gasteiger partial charge in [0.25, 0.3) is 0 Å². The molecular formula is C8H12O3. The molecule has 3 nitrogen and oxygen atoms in total. The van der Waals surface area contributed by atoms with Crippen LogP contribution in [0.5, 0.6) is 5.75 Å². The molecule has 1 aromatic heterocycles. The van der Waals surface area contributed by atoms with Gasteiger partial charge in [0.05, 0.1) is 12.9 Å². The van der Waals surface area contributed by atoms with Crippen molar-refractivity contribution in [1.29, 1.82) is 0 Å². The third-order valence-corrected chi connectivity index (χ3v) is 1.36. The molecule has 0 saturated heterocycles. The second-order valence-electron chi connectivity index (χ2n) is 2.18. The number of aryl methyl sites for hydroxylation is 1. The molecule has 0 atom stereocenters. The Balaban J connectivity index is 2.32. The summed E-state index contributed by atoms with van der Waals surface area (Å²) in [6.45, 7) is 3.03. The second kappa shape index (κ2) is 4.03. The van der Waals surface area contributed by atoms with Gasteiger partial charge < -0.3 is 13.9 Å². The molecule has 0 spiro atoms. The van der Waals surface area contributed by atoms with Crippen molar-refractivity contribution < 1.29 is 13.9 Å². The minimum atomic E-state index is 0.566. The second-order valence-corrected chi connectivity index (χ2v) is 2.18. The first-order valence-corrected chi connectivity index (χ1v) is 3.50. The van der Waals surface area contributed by atoms with Crippen LogP contribution in [-0.4, -0.2) is 20.3 Å². The molecule has 0 unspecified atom stereocenters. The molecule has 1 aromatic rings. The standard InChI is InChI=1S/C8H12O3/c1-7-8(3-4-10-7)11-6-5-9-2/h3-4H,5-6H2,1-2H3. The van der Waals surface area contributed by atoms with Gasteiger partial charge in [-0.1, -0.05) is 0 Å². The van der Waals surface area contributed by atoms with Crippen LogP contribution in [0.2, 0.25) is 0 Å². The highest BCUT2D eigenvalue weighted by molar-refractivity contribution is 5.22. The lowest BCUT2D eigenvalue weighted by Crippen LogP contribution is -2.03. The van der Waals surface area contributed by atoms with Crippen molar-refractivity contribution in [3.05, 3.63) is 18.1 Å². The Kier molecular flexibility index (Phi) is 2.98. The molecule has 3 heteroatoms. The minimum absolute atomic E-state index is 0.566. The van der Waals surface area contributed by atoms with E-state index in [9.17, 15) is 0 Å². The molecule has 1 heterocycles. The highest BCUT2D eigenvalue weighted by Crippen LogP contribution is 2.17. The average Bonchev–Trinajstić information content (AvgIpc) is 2.37. The summed E-state index contributed by atoms with van der Waals surface area (Å²) in [6, 6.07) is 1.80. The third kappa shape index (κ3) is 2.27. The Bertz CT molecular complexity index is 205. The Morgan fingerprint density at radius 1 is 1.45 bits per heavy atom. The first-order valence-electron chi connectivity index (χ1n) is 3.50. The lowest BCUT2D eigenvalue weighted by molar-refractivity contribution is 0.145. The van der Waals surface area contributed by atoms with E-state index in [-0.39, 0.29) is 0 Å². The topological polar surface area (TPSA) is 31.6 Å². The number of hydrogen-bond acceptors (Lipinski definition) is 3. The minimum Gasteiger partial charge on any atom is -0.488 e. The largest absolute Gasteiger partial charge is 0.488 e. The van der Waals surface area contributed by atoms with Crippen molar-refractivity contribution in [2.24, 2.45) is 0 Å². The molecule has 0 aliphatic carbocycles. The summed E-state index contributed by atoms with van der Waals surface area (Å²) in [5.41, 5.74) is 0. The maximum atomic E-state index is 5.30. The van der Waals surface area contributed by atoms with Gasteiger partial charge in [0.1, 0.15) is 12.4 Å². The maximum Gasteiger partial charge on any atom is 0.160 e. The van der Waals surface area contributed by atoms with E-state index in [1.165, 1.54) is 0 Å². The number of furan rings is 1. The number of hydrogen-bond donors (Lipinski definition) is 0. The monoisotopic (exact) mass is 156 g/mol. The SMILES string of the molecule is COCCOc1ccoc1C. The predicted molar refractivity (Wildman–Crippen MR) is 40.8 cm³/mol. The van der Waals surface area contributed by atoms with Gasteiger partial charge in [-0.25, -0.2) is 0 Å². The lowest BCUT2D eigenvalue weighted by Gasteiger charge is -2.02. The summed E-state index contributed by atoms with van der Waals surface area (Å²) in [5, 5.41) is 0. The molecule has 0 N–H and O–H groups in total. The fraction of sp³-hybridized carbons (Fsp3) is 0.500. The lowest BCUT2D eigenvalue weighted by atomic mass is 10.4. The summed E-state index contributed by atoms with van der Waals surface area (Å²) in [5.74, 6) is 1.60. The van der Waals surface area contributed by atoms with Crippen LogP contribution in [0.1, 0.15) is 5.76 Å². The van der Waals surface area contributed by atoms with Crippen LogP contribution in [-0.2, 0) is 4.74 Å². The van der Waals surface area contributed by atoms with E-state index >= 15 is 0 Å². The van der Waals surface area contributed by atoms with Crippen LogP contribution in [0.3, 0.4) is 0 Å². The number of ether oxygens (including phenoxy) is 2. The van der Waals surface area contributed by atoms with E-state index in [0.29, 0.717) is 13.2 Å². The summed E-state index contributed by atoms with van der Waals surface area (Å²) >= 11 is 0. The zero-order valence-electron chi connectivity index (χ0n) is 6.79. The summed E-state index contributed by atoms with van der Waals surface area (Å²) in [7, 11) is 1.64. The van der Waals surface area contributed by atoms with Crippen LogP contribution in [0.4, 0.5) is 0 Å². The molecule has 0 saturated carbocycles. The van der Waals surface area contributed by atoms with Crippen molar-refractivity contribution >= 4 is 0 Å². The maximum absolute atomic E-state index is 5.30. The highest BCUT2D eigenvalue weighted by Gasteiger charge is 1.99. The van der Waals surface area contributed by atoms with Crippen molar-refractivity contribution in [3.8, 4) is 5.75 Å². The van der Waals surface area contributed by atoms with Crippen LogP contribution >= 0.6 is 0 Å². The fourth-order valence-electron chi connectivity index (χ4n) is 0.758. The average molecular weight is 156 g/mol. The van der Waals surface area contributed by atoms with E-state index in [0.717, 1.165) is 11.5 Å². The van der Waals surface area contributed by atoms with Crippen LogP contribution in [0.15, 0.2) is 16.7 Å². The molecule has 0 bridgehead atoms. The normalized spacial score (nSPS) is 10.0. The van der Waals surface area contributed by atoms with E-state index < -0.39 is 0 Å². The van der Waals surface area contributed by atoms with Gasteiger partial charge in [0, 0.05) is 13.2 Å². The highest BCUT2D eigenvalue weighted by atomic mass is 16.5. The number of rotatable bonds is 4. The smallest absolute Gasteiger partial charge is 0.160 e. The predicted octanol–water partition coefficient (Wildman–Crippen LogP) is 1.61. The van der Waals surface area contributed by atoms with Crippen molar-refractivity contribution in [1.82, 2.24) is 0 Å². The quantitative estimate of drug-likeness (QED) is 0.621. The van der Waals surface area contributed by atoms with E-state index in [1.54, 1.807) is 19.4 Å².